The lowest BCUT2D eigenvalue weighted by molar-refractivity contribution is 0.102. The van der Waals surface area contributed by atoms with Crippen LogP contribution < -0.4 is 5.32 Å². The van der Waals surface area contributed by atoms with Gasteiger partial charge in [-0.15, -0.1) is 11.3 Å². The first-order valence-corrected chi connectivity index (χ1v) is 8.47. The van der Waals surface area contributed by atoms with Crippen molar-refractivity contribution in [3.05, 3.63) is 45.7 Å². The van der Waals surface area contributed by atoms with Gasteiger partial charge in [-0.1, -0.05) is 0 Å². The standard InChI is InChI=1S/C17H16N4OS/c1-9-10(2)19-14-8-11(6-7-12(14)18-9)16(22)21-17-20-13-4-3-5-15(13)23-17/h6-8H,3-5H2,1-2H3,(H,20,21,22). The summed E-state index contributed by atoms with van der Waals surface area (Å²) in [5, 5.41) is 3.58. The highest BCUT2D eigenvalue weighted by Crippen LogP contribution is 2.30. The Labute approximate surface area is 137 Å². The summed E-state index contributed by atoms with van der Waals surface area (Å²) in [5.74, 6) is -0.153. The van der Waals surface area contributed by atoms with Gasteiger partial charge in [-0.25, -0.2) is 15.0 Å². The number of nitrogens with one attached hydrogen (secondary N) is 1. The zero-order chi connectivity index (χ0) is 16.0. The van der Waals surface area contributed by atoms with Crippen molar-refractivity contribution in [1.29, 1.82) is 0 Å². The summed E-state index contributed by atoms with van der Waals surface area (Å²) in [4.78, 5) is 27.2. The maximum absolute atomic E-state index is 12.4. The normalized spacial score (nSPS) is 13.3. The van der Waals surface area contributed by atoms with Gasteiger partial charge in [0, 0.05) is 10.4 Å². The Hall–Kier alpha value is -2.34. The van der Waals surface area contributed by atoms with E-state index in [1.807, 2.05) is 19.9 Å². The average Bonchev–Trinajstić information content (AvgIpc) is 3.09. The summed E-state index contributed by atoms with van der Waals surface area (Å²) >= 11 is 1.58. The van der Waals surface area contributed by atoms with Crippen molar-refractivity contribution in [1.82, 2.24) is 15.0 Å². The lowest BCUT2D eigenvalue weighted by Crippen LogP contribution is -2.12. The average molecular weight is 324 g/mol. The lowest BCUT2D eigenvalue weighted by Gasteiger charge is -2.05. The van der Waals surface area contributed by atoms with Gasteiger partial charge in [0.15, 0.2) is 5.13 Å². The predicted octanol–water partition coefficient (Wildman–Crippen LogP) is 3.44. The number of hydrogen-bond donors (Lipinski definition) is 1. The molecule has 1 aliphatic carbocycles. The van der Waals surface area contributed by atoms with Crippen LogP contribution in [0.25, 0.3) is 11.0 Å². The number of aromatic nitrogens is 3. The minimum Gasteiger partial charge on any atom is -0.298 e. The fourth-order valence-corrected chi connectivity index (χ4v) is 3.83. The van der Waals surface area contributed by atoms with Gasteiger partial charge in [0.05, 0.1) is 28.1 Å². The molecule has 1 aliphatic rings. The number of carbonyl (C=O) groups excluding carboxylic acids is 1. The quantitative estimate of drug-likeness (QED) is 0.784. The zero-order valence-corrected chi connectivity index (χ0v) is 13.8. The molecule has 6 heteroatoms. The Morgan fingerprint density at radius 3 is 2.65 bits per heavy atom. The summed E-state index contributed by atoms with van der Waals surface area (Å²) in [6.07, 6.45) is 3.27. The molecule has 116 valence electrons. The van der Waals surface area contributed by atoms with Crippen LogP contribution in [0.2, 0.25) is 0 Å². The number of benzene rings is 1. The number of thiazole rings is 1. The van der Waals surface area contributed by atoms with Gasteiger partial charge < -0.3 is 0 Å². The SMILES string of the molecule is Cc1nc2ccc(C(=O)Nc3nc4c(s3)CCC4)cc2nc1C. The molecule has 2 aromatic heterocycles. The summed E-state index contributed by atoms with van der Waals surface area (Å²) in [7, 11) is 0. The minimum absolute atomic E-state index is 0.153. The molecule has 0 saturated carbocycles. The molecule has 0 spiro atoms. The first-order chi connectivity index (χ1) is 11.1. The van der Waals surface area contributed by atoms with Crippen molar-refractivity contribution < 1.29 is 4.79 Å². The fraction of sp³-hybridized carbons (Fsp3) is 0.294. The van der Waals surface area contributed by atoms with E-state index in [-0.39, 0.29) is 5.91 Å². The smallest absolute Gasteiger partial charge is 0.257 e. The van der Waals surface area contributed by atoms with E-state index in [0.717, 1.165) is 41.0 Å². The third kappa shape index (κ3) is 2.59. The number of amides is 1. The number of fused-ring (bicyclic) bond motifs is 2. The number of hydrogen-bond acceptors (Lipinski definition) is 5. The second-order valence-corrected chi connectivity index (χ2v) is 6.88. The Morgan fingerprint density at radius 1 is 1.09 bits per heavy atom. The first-order valence-electron chi connectivity index (χ1n) is 7.65. The number of aryl methyl sites for hydroxylation is 4. The van der Waals surface area contributed by atoms with Crippen LogP contribution in [0.3, 0.4) is 0 Å². The molecule has 0 atom stereocenters. The van der Waals surface area contributed by atoms with Gasteiger partial charge >= 0.3 is 0 Å². The van der Waals surface area contributed by atoms with Crippen molar-refractivity contribution in [2.24, 2.45) is 0 Å². The molecule has 1 aromatic carbocycles. The van der Waals surface area contributed by atoms with Crippen molar-refractivity contribution in [3.8, 4) is 0 Å². The summed E-state index contributed by atoms with van der Waals surface area (Å²) in [6, 6.07) is 5.40. The highest BCUT2D eigenvalue weighted by atomic mass is 32.1. The highest BCUT2D eigenvalue weighted by Gasteiger charge is 2.18. The molecule has 23 heavy (non-hydrogen) atoms. The number of nitrogens with zero attached hydrogens (tertiary/aromatic N) is 3. The van der Waals surface area contributed by atoms with E-state index in [1.165, 1.54) is 11.3 Å². The van der Waals surface area contributed by atoms with Crippen LogP contribution in [-0.4, -0.2) is 20.9 Å². The molecule has 0 fully saturated rings. The van der Waals surface area contributed by atoms with Crippen molar-refractivity contribution in [2.45, 2.75) is 33.1 Å². The molecule has 0 bridgehead atoms. The number of carbonyl (C=O) groups is 1. The third-order valence-corrected chi connectivity index (χ3v) is 5.23. The molecular weight excluding hydrogens is 308 g/mol. The molecular formula is C17H16N4OS. The first kappa shape index (κ1) is 14.3. The molecule has 0 radical (unpaired) electrons. The van der Waals surface area contributed by atoms with Crippen LogP contribution in [0, 0.1) is 13.8 Å². The molecule has 0 aliphatic heterocycles. The van der Waals surface area contributed by atoms with E-state index in [4.69, 9.17) is 0 Å². The van der Waals surface area contributed by atoms with Crippen LogP contribution in [-0.2, 0) is 12.8 Å². The van der Waals surface area contributed by atoms with E-state index in [1.54, 1.807) is 23.5 Å². The summed E-state index contributed by atoms with van der Waals surface area (Å²) in [5.41, 5.74) is 5.05. The van der Waals surface area contributed by atoms with E-state index in [0.29, 0.717) is 10.7 Å². The second-order valence-electron chi connectivity index (χ2n) is 5.79. The minimum atomic E-state index is -0.153. The Balaban J connectivity index is 1.62. The molecule has 4 rings (SSSR count). The van der Waals surface area contributed by atoms with Crippen molar-refractivity contribution in [3.63, 3.8) is 0 Å². The Bertz CT molecular complexity index is 910. The van der Waals surface area contributed by atoms with E-state index < -0.39 is 0 Å². The van der Waals surface area contributed by atoms with E-state index in [2.05, 4.69) is 20.3 Å². The molecule has 5 nitrogen and oxygen atoms in total. The molecule has 1 N–H and O–H groups in total. The Kier molecular flexibility index (Phi) is 3.34. The third-order valence-electron chi connectivity index (χ3n) is 4.15. The van der Waals surface area contributed by atoms with Crippen LogP contribution in [0.4, 0.5) is 5.13 Å². The van der Waals surface area contributed by atoms with Crippen LogP contribution >= 0.6 is 11.3 Å². The van der Waals surface area contributed by atoms with Crippen molar-refractivity contribution in [2.75, 3.05) is 5.32 Å². The van der Waals surface area contributed by atoms with Gasteiger partial charge in [-0.2, -0.15) is 0 Å². The topological polar surface area (TPSA) is 67.8 Å². The number of anilines is 1. The largest absolute Gasteiger partial charge is 0.298 e. The van der Waals surface area contributed by atoms with Crippen LogP contribution in [0.15, 0.2) is 18.2 Å². The summed E-state index contributed by atoms with van der Waals surface area (Å²) in [6.45, 7) is 3.86. The maximum atomic E-state index is 12.4. The molecule has 1 amide bonds. The maximum Gasteiger partial charge on any atom is 0.257 e. The van der Waals surface area contributed by atoms with E-state index >= 15 is 0 Å². The monoisotopic (exact) mass is 324 g/mol. The lowest BCUT2D eigenvalue weighted by atomic mass is 10.1. The van der Waals surface area contributed by atoms with Crippen LogP contribution in [0.5, 0.6) is 0 Å². The molecule has 0 saturated heterocycles. The van der Waals surface area contributed by atoms with Gasteiger partial charge in [-0.05, 0) is 51.3 Å². The van der Waals surface area contributed by atoms with E-state index in [9.17, 15) is 4.79 Å². The fourth-order valence-electron chi connectivity index (χ4n) is 2.79. The Morgan fingerprint density at radius 2 is 1.87 bits per heavy atom. The molecule has 3 aromatic rings. The van der Waals surface area contributed by atoms with Gasteiger partial charge in [0.1, 0.15) is 0 Å². The van der Waals surface area contributed by atoms with Gasteiger partial charge in [-0.3, -0.25) is 10.1 Å². The zero-order valence-electron chi connectivity index (χ0n) is 13.0. The van der Waals surface area contributed by atoms with Gasteiger partial charge in [0.2, 0.25) is 0 Å². The summed E-state index contributed by atoms with van der Waals surface area (Å²) < 4.78 is 0. The van der Waals surface area contributed by atoms with Crippen molar-refractivity contribution >= 4 is 33.4 Å². The second kappa shape index (κ2) is 5.38. The molecule has 0 unspecified atom stereocenters. The van der Waals surface area contributed by atoms with Crippen LogP contribution in [0.1, 0.15) is 38.7 Å². The number of rotatable bonds is 2. The highest BCUT2D eigenvalue weighted by molar-refractivity contribution is 7.16. The predicted molar refractivity (Wildman–Crippen MR) is 91.1 cm³/mol. The van der Waals surface area contributed by atoms with Gasteiger partial charge in [0.25, 0.3) is 5.91 Å². The molecule has 2 heterocycles.